The van der Waals surface area contributed by atoms with Crippen molar-refractivity contribution >= 4 is 16.1 Å². The molecule has 1 aliphatic rings. The summed E-state index contributed by atoms with van der Waals surface area (Å²) < 4.78 is 26.0. The van der Waals surface area contributed by atoms with Crippen LogP contribution in [0, 0.1) is 30.6 Å². The lowest BCUT2D eigenvalue weighted by atomic mass is 10.0. The van der Waals surface area contributed by atoms with Gasteiger partial charge >= 0.3 is 0 Å². The van der Waals surface area contributed by atoms with Crippen LogP contribution in [0.5, 0.6) is 0 Å². The Morgan fingerprint density at radius 2 is 1.50 bits per heavy atom. The maximum atomic E-state index is 13.0. The van der Waals surface area contributed by atoms with E-state index in [0.717, 1.165) is 11.1 Å². The number of carbonyl (C=O) groups excluding carboxylic acids is 1. The monoisotopic (exact) mass is 339 g/mol. The zero-order valence-corrected chi connectivity index (χ0v) is 14.2. The van der Waals surface area contributed by atoms with Crippen molar-refractivity contribution in [3.63, 3.8) is 0 Å². The van der Waals surface area contributed by atoms with Gasteiger partial charge in [-0.1, -0.05) is 47.5 Å². The van der Waals surface area contributed by atoms with Crippen molar-refractivity contribution in [2.45, 2.75) is 29.9 Å². The summed E-state index contributed by atoms with van der Waals surface area (Å²) in [5, 5.41) is 8.48. The molecular formula is C19H17NO3S. The summed E-state index contributed by atoms with van der Waals surface area (Å²) in [7, 11) is -3.78. The van der Waals surface area contributed by atoms with Gasteiger partial charge in [-0.15, -0.1) is 0 Å². The second-order valence-electron chi connectivity index (χ2n) is 6.33. The van der Waals surface area contributed by atoms with Gasteiger partial charge in [0.15, 0.2) is 9.84 Å². The highest BCUT2D eigenvalue weighted by molar-refractivity contribution is 7.92. The average Bonchev–Trinajstić information content (AvgIpc) is 3.26. The molecule has 1 aliphatic carbocycles. The molecule has 3 atom stereocenters. The third-order valence-electron chi connectivity index (χ3n) is 4.69. The third-order valence-corrected chi connectivity index (χ3v) is 6.95. The molecule has 0 radical (unpaired) electrons. The molecule has 0 amide bonds. The molecule has 3 rings (SSSR count). The van der Waals surface area contributed by atoms with Crippen molar-refractivity contribution in [1.82, 2.24) is 0 Å². The number of benzene rings is 2. The summed E-state index contributed by atoms with van der Waals surface area (Å²) in [6, 6.07) is 15.7. The van der Waals surface area contributed by atoms with E-state index in [-0.39, 0.29) is 4.90 Å². The van der Waals surface area contributed by atoms with E-state index in [1.807, 2.05) is 32.0 Å². The number of hydrogen-bond acceptors (Lipinski definition) is 4. The highest BCUT2D eigenvalue weighted by Gasteiger charge is 2.72. The minimum absolute atomic E-state index is 0.147. The first kappa shape index (κ1) is 16.4. The van der Waals surface area contributed by atoms with E-state index in [1.54, 1.807) is 24.3 Å². The first-order valence-corrected chi connectivity index (χ1v) is 9.16. The van der Waals surface area contributed by atoms with E-state index in [2.05, 4.69) is 0 Å². The summed E-state index contributed by atoms with van der Waals surface area (Å²) in [5.74, 6) is -0.632. The Bertz CT molecular complexity index is 924. The first-order chi connectivity index (χ1) is 11.4. The van der Waals surface area contributed by atoms with E-state index in [1.165, 1.54) is 12.1 Å². The molecule has 0 unspecified atom stereocenters. The maximum Gasteiger partial charge on any atom is 0.183 e. The molecule has 1 fully saturated rings. The standard InChI is InChI=1S/C19H17NO3S/c1-13-3-7-15(8-4-13)17-18(19(17,11-20)12-21)24(22,23)16-9-5-14(2)6-10-16/h3-10,12,17-18H,1-2H3/t17-,18-,19+/m0/s1. The van der Waals surface area contributed by atoms with Gasteiger partial charge in [-0.25, -0.2) is 8.42 Å². The Kier molecular flexibility index (Phi) is 3.81. The number of nitrogens with zero attached hydrogens (tertiary/aromatic N) is 1. The summed E-state index contributed by atoms with van der Waals surface area (Å²) in [6.07, 6.45) is 0.494. The summed E-state index contributed by atoms with van der Waals surface area (Å²) in [6.45, 7) is 3.79. The number of rotatable bonds is 4. The molecule has 0 aliphatic heterocycles. The molecule has 2 aromatic carbocycles. The van der Waals surface area contributed by atoms with Crippen LogP contribution in [0.3, 0.4) is 0 Å². The fraction of sp³-hybridized carbons (Fsp3) is 0.263. The van der Waals surface area contributed by atoms with Gasteiger partial charge in [-0.3, -0.25) is 0 Å². The number of aldehydes is 1. The first-order valence-electron chi connectivity index (χ1n) is 7.61. The Hall–Kier alpha value is -2.45. The van der Waals surface area contributed by atoms with Crippen LogP contribution in [0.15, 0.2) is 53.4 Å². The molecule has 0 aromatic heterocycles. The van der Waals surface area contributed by atoms with Gasteiger partial charge in [0.05, 0.1) is 11.0 Å². The second kappa shape index (κ2) is 5.57. The van der Waals surface area contributed by atoms with Crippen LogP contribution >= 0.6 is 0 Å². The Labute approximate surface area is 141 Å². The van der Waals surface area contributed by atoms with Crippen LogP contribution in [-0.4, -0.2) is 20.0 Å². The lowest BCUT2D eigenvalue weighted by Gasteiger charge is -2.05. The lowest BCUT2D eigenvalue weighted by molar-refractivity contribution is -0.110. The number of aryl methyl sites for hydroxylation is 2. The van der Waals surface area contributed by atoms with E-state index in [0.29, 0.717) is 11.8 Å². The Morgan fingerprint density at radius 1 is 1.00 bits per heavy atom. The van der Waals surface area contributed by atoms with Crippen LogP contribution < -0.4 is 0 Å². The largest absolute Gasteiger partial charge is 0.302 e. The second-order valence-corrected chi connectivity index (χ2v) is 8.40. The molecule has 1 saturated carbocycles. The molecule has 4 nitrogen and oxygen atoms in total. The minimum atomic E-state index is -3.78. The predicted octanol–water partition coefficient (Wildman–Crippen LogP) is 2.95. The van der Waals surface area contributed by atoms with Crippen LogP contribution in [0.4, 0.5) is 0 Å². The van der Waals surface area contributed by atoms with Crippen molar-refractivity contribution < 1.29 is 13.2 Å². The zero-order valence-electron chi connectivity index (χ0n) is 13.4. The Balaban J connectivity index is 2.08. The lowest BCUT2D eigenvalue weighted by Crippen LogP contribution is -2.16. The van der Waals surface area contributed by atoms with Crippen molar-refractivity contribution in [2.75, 3.05) is 0 Å². The summed E-state index contributed by atoms with van der Waals surface area (Å²) in [5.41, 5.74) is 1.17. The minimum Gasteiger partial charge on any atom is -0.302 e. The third kappa shape index (κ3) is 2.35. The predicted molar refractivity (Wildman–Crippen MR) is 90.2 cm³/mol. The molecular weight excluding hydrogens is 322 g/mol. The van der Waals surface area contributed by atoms with Crippen molar-refractivity contribution in [2.24, 2.45) is 5.41 Å². The van der Waals surface area contributed by atoms with Gasteiger partial charge < -0.3 is 4.79 Å². The van der Waals surface area contributed by atoms with Gasteiger partial charge in [-0.2, -0.15) is 5.26 Å². The molecule has 0 heterocycles. The number of hydrogen-bond donors (Lipinski definition) is 0. The van der Waals surface area contributed by atoms with E-state index in [9.17, 15) is 18.5 Å². The molecule has 2 aromatic rings. The fourth-order valence-electron chi connectivity index (χ4n) is 3.21. The van der Waals surface area contributed by atoms with Crippen LogP contribution in [0.1, 0.15) is 22.6 Å². The van der Waals surface area contributed by atoms with Gasteiger partial charge in [0.25, 0.3) is 0 Å². The Morgan fingerprint density at radius 3 is 1.96 bits per heavy atom. The van der Waals surface area contributed by atoms with E-state index < -0.39 is 26.4 Å². The number of carbonyl (C=O) groups is 1. The molecule has 24 heavy (non-hydrogen) atoms. The van der Waals surface area contributed by atoms with Gasteiger partial charge in [0.2, 0.25) is 0 Å². The van der Waals surface area contributed by atoms with Crippen molar-refractivity contribution in [3.8, 4) is 6.07 Å². The average molecular weight is 339 g/mol. The number of nitriles is 1. The van der Waals surface area contributed by atoms with E-state index >= 15 is 0 Å². The molecule has 0 spiro atoms. The number of sulfone groups is 1. The van der Waals surface area contributed by atoms with Crippen LogP contribution in [-0.2, 0) is 14.6 Å². The van der Waals surface area contributed by atoms with Gasteiger partial charge in [0.1, 0.15) is 17.0 Å². The highest BCUT2D eigenvalue weighted by Crippen LogP contribution is 2.62. The summed E-state index contributed by atoms with van der Waals surface area (Å²) in [4.78, 5) is 11.8. The zero-order chi connectivity index (χ0) is 17.5. The topological polar surface area (TPSA) is 75.0 Å². The van der Waals surface area contributed by atoms with E-state index in [4.69, 9.17) is 0 Å². The van der Waals surface area contributed by atoms with Crippen LogP contribution in [0.25, 0.3) is 0 Å². The quantitative estimate of drug-likeness (QED) is 0.803. The normalized spacial score (nSPS) is 25.7. The molecule has 0 saturated heterocycles. The molecule has 0 N–H and O–H groups in total. The smallest absolute Gasteiger partial charge is 0.183 e. The maximum absolute atomic E-state index is 13.0. The fourth-order valence-corrected chi connectivity index (χ4v) is 5.45. The SMILES string of the molecule is Cc1ccc([C@H]2[C@H](S(=O)(=O)c3ccc(C)cc3)[C@]2(C#N)C=O)cc1. The summed E-state index contributed by atoms with van der Waals surface area (Å²) >= 11 is 0. The van der Waals surface area contributed by atoms with Crippen molar-refractivity contribution in [1.29, 1.82) is 5.26 Å². The van der Waals surface area contributed by atoms with Gasteiger partial charge in [0, 0.05) is 5.92 Å². The van der Waals surface area contributed by atoms with Crippen molar-refractivity contribution in [3.05, 3.63) is 65.2 Å². The molecule has 0 bridgehead atoms. The highest BCUT2D eigenvalue weighted by atomic mass is 32.2. The molecule has 5 heteroatoms. The van der Waals surface area contributed by atoms with Crippen LogP contribution in [0.2, 0.25) is 0 Å². The van der Waals surface area contributed by atoms with Gasteiger partial charge in [-0.05, 0) is 31.5 Å². The molecule has 122 valence electrons.